The number of carboxylic acids is 1. The van der Waals surface area contributed by atoms with Crippen LogP contribution in [-0.4, -0.2) is 54.7 Å². The zero-order chi connectivity index (χ0) is 23.8. The number of aromatic carboxylic acids is 1. The molecule has 3 aromatic heterocycles. The van der Waals surface area contributed by atoms with E-state index in [0.29, 0.717) is 17.9 Å². The lowest BCUT2D eigenvalue weighted by Crippen LogP contribution is -2.37. The number of nitrogens with zero attached hydrogens (tertiary/aromatic N) is 4. The normalized spacial score (nSPS) is 17.7. The molecule has 1 aliphatic rings. The molecule has 0 bridgehead atoms. The number of hydrogen-bond acceptors (Lipinski definition) is 7. The second-order valence-corrected chi connectivity index (χ2v) is 8.16. The highest BCUT2D eigenvalue weighted by molar-refractivity contribution is 5.95. The van der Waals surface area contributed by atoms with Gasteiger partial charge in [0.2, 0.25) is 0 Å². The molecule has 4 aromatic rings. The quantitative estimate of drug-likeness (QED) is 0.397. The first kappa shape index (κ1) is 21.4. The van der Waals surface area contributed by atoms with Crippen molar-refractivity contribution in [2.24, 2.45) is 0 Å². The molecule has 4 heterocycles. The predicted molar refractivity (Wildman–Crippen MR) is 117 cm³/mol. The Hall–Kier alpha value is -4.41. The van der Waals surface area contributed by atoms with Gasteiger partial charge in [-0.3, -0.25) is 4.79 Å². The van der Waals surface area contributed by atoms with Gasteiger partial charge in [0.25, 0.3) is 5.91 Å². The number of para-hydroxylation sites is 1. The molecule has 34 heavy (non-hydrogen) atoms. The second-order valence-electron chi connectivity index (χ2n) is 8.16. The van der Waals surface area contributed by atoms with E-state index in [-0.39, 0.29) is 30.6 Å². The number of hydrogen-bond donors (Lipinski definition) is 2. The van der Waals surface area contributed by atoms with Crippen LogP contribution >= 0.6 is 0 Å². The zero-order valence-corrected chi connectivity index (χ0v) is 18.2. The van der Waals surface area contributed by atoms with E-state index in [1.54, 1.807) is 29.8 Å². The van der Waals surface area contributed by atoms with E-state index >= 15 is 0 Å². The molecule has 11 heteroatoms. The first-order chi connectivity index (χ1) is 16.4. The van der Waals surface area contributed by atoms with Crippen molar-refractivity contribution in [3.63, 3.8) is 0 Å². The van der Waals surface area contributed by atoms with Gasteiger partial charge in [-0.25, -0.2) is 14.3 Å². The smallest absolute Gasteiger partial charge is 0.352 e. The van der Waals surface area contributed by atoms with Crippen LogP contribution < -0.4 is 5.32 Å². The Labute approximate surface area is 192 Å². The number of furan rings is 1. The number of carbonyl (C=O) groups is 3. The lowest BCUT2D eigenvalue weighted by Gasteiger charge is -2.06. The summed E-state index contributed by atoms with van der Waals surface area (Å²) in [5, 5.41) is 21.3. The van der Waals surface area contributed by atoms with Gasteiger partial charge in [0.15, 0.2) is 5.76 Å². The summed E-state index contributed by atoms with van der Waals surface area (Å²) >= 11 is 0. The van der Waals surface area contributed by atoms with Crippen LogP contribution in [0, 0.1) is 0 Å². The van der Waals surface area contributed by atoms with Crippen LogP contribution in [-0.2, 0) is 22.6 Å². The van der Waals surface area contributed by atoms with E-state index in [9.17, 15) is 19.5 Å². The highest BCUT2D eigenvalue weighted by Crippen LogP contribution is 2.21. The van der Waals surface area contributed by atoms with E-state index in [1.807, 2.05) is 24.3 Å². The van der Waals surface area contributed by atoms with Crippen LogP contribution in [0.4, 0.5) is 0 Å². The Balaban J connectivity index is 1.27. The fraction of sp³-hybridized carbons (Fsp3) is 0.261. The number of rotatable bonds is 7. The molecule has 0 spiro atoms. The number of esters is 1. The molecule has 1 fully saturated rings. The van der Waals surface area contributed by atoms with Gasteiger partial charge in [-0.15, -0.1) is 5.10 Å². The lowest BCUT2D eigenvalue weighted by atomic mass is 10.2. The SMILES string of the molecule is CC1CC(NC(=O)c2ccc(Cn3cc(Cn4c(C(=O)O)cc5ccccc54)nn3)o2)C(=O)O1. The van der Waals surface area contributed by atoms with Gasteiger partial charge < -0.3 is 24.1 Å². The van der Waals surface area contributed by atoms with Crippen molar-refractivity contribution in [3.8, 4) is 0 Å². The fourth-order valence-corrected chi connectivity index (χ4v) is 4.06. The number of aromatic nitrogens is 4. The third kappa shape index (κ3) is 4.15. The summed E-state index contributed by atoms with van der Waals surface area (Å²) in [6.45, 7) is 2.22. The van der Waals surface area contributed by atoms with E-state index in [4.69, 9.17) is 9.15 Å². The lowest BCUT2D eigenvalue weighted by molar-refractivity contribution is -0.142. The number of carbonyl (C=O) groups excluding carboxylic acids is 2. The van der Waals surface area contributed by atoms with Crippen molar-refractivity contribution in [2.45, 2.75) is 38.6 Å². The topological polar surface area (TPSA) is 141 Å². The van der Waals surface area contributed by atoms with Crippen molar-refractivity contribution >= 4 is 28.7 Å². The highest BCUT2D eigenvalue weighted by Gasteiger charge is 2.33. The van der Waals surface area contributed by atoms with E-state index < -0.39 is 23.9 Å². The molecular weight excluding hydrogens is 442 g/mol. The number of ether oxygens (including phenoxy) is 1. The largest absolute Gasteiger partial charge is 0.477 e. The Morgan fingerprint density at radius 3 is 2.79 bits per heavy atom. The summed E-state index contributed by atoms with van der Waals surface area (Å²) in [4.78, 5) is 35.8. The van der Waals surface area contributed by atoms with Gasteiger partial charge in [0.1, 0.15) is 35.8 Å². The van der Waals surface area contributed by atoms with Gasteiger partial charge in [-0.05, 0) is 31.2 Å². The number of benzene rings is 1. The van der Waals surface area contributed by atoms with Crippen molar-refractivity contribution in [3.05, 3.63) is 71.6 Å². The minimum Gasteiger partial charge on any atom is -0.477 e. The Kier molecular flexibility index (Phi) is 5.36. The van der Waals surface area contributed by atoms with Crippen LogP contribution in [0.3, 0.4) is 0 Å². The van der Waals surface area contributed by atoms with Gasteiger partial charge in [-0.2, -0.15) is 0 Å². The Bertz CT molecular complexity index is 1400. The molecule has 0 aliphatic carbocycles. The number of amides is 1. The molecule has 1 aromatic carbocycles. The van der Waals surface area contributed by atoms with Crippen LogP contribution in [0.1, 0.15) is 45.8 Å². The molecule has 5 rings (SSSR count). The van der Waals surface area contributed by atoms with E-state index in [1.165, 1.54) is 10.7 Å². The molecule has 2 unspecified atom stereocenters. The third-order valence-electron chi connectivity index (χ3n) is 5.61. The summed E-state index contributed by atoms with van der Waals surface area (Å²) in [5.74, 6) is -1.42. The minimum atomic E-state index is -1.02. The summed E-state index contributed by atoms with van der Waals surface area (Å²) in [7, 11) is 0. The number of nitrogens with one attached hydrogen (secondary N) is 1. The summed E-state index contributed by atoms with van der Waals surface area (Å²) in [6, 6.07) is 11.5. The van der Waals surface area contributed by atoms with Crippen molar-refractivity contribution < 1.29 is 28.6 Å². The van der Waals surface area contributed by atoms with Crippen molar-refractivity contribution in [1.82, 2.24) is 24.9 Å². The molecule has 1 aliphatic heterocycles. The molecule has 1 amide bonds. The number of cyclic esters (lactones) is 1. The van der Waals surface area contributed by atoms with Crippen LogP contribution in [0.25, 0.3) is 10.9 Å². The molecule has 2 N–H and O–H groups in total. The van der Waals surface area contributed by atoms with Gasteiger partial charge >= 0.3 is 11.9 Å². The average Bonchev–Trinajstić information content (AvgIpc) is 3.57. The van der Waals surface area contributed by atoms with Crippen molar-refractivity contribution in [1.29, 1.82) is 0 Å². The molecule has 2 atom stereocenters. The Morgan fingerprint density at radius 2 is 2.03 bits per heavy atom. The van der Waals surface area contributed by atoms with Gasteiger partial charge in [-0.1, -0.05) is 23.4 Å². The first-order valence-corrected chi connectivity index (χ1v) is 10.7. The minimum absolute atomic E-state index is 0.0765. The van der Waals surface area contributed by atoms with E-state index in [0.717, 1.165) is 10.9 Å². The predicted octanol–water partition coefficient (Wildman–Crippen LogP) is 2.05. The maximum absolute atomic E-state index is 12.4. The van der Waals surface area contributed by atoms with Crippen LogP contribution in [0.2, 0.25) is 0 Å². The van der Waals surface area contributed by atoms with E-state index in [2.05, 4.69) is 15.6 Å². The second kappa shape index (κ2) is 8.50. The molecule has 0 radical (unpaired) electrons. The summed E-state index contributed by atoms with van der Waals surface area (Å²) in [5.41, 5.74) is 1.52. The average molecular weight is 463 g/mol. The monoisotopic (exact) mass is 463 g/mol. The molecule has 11 nitrogen and oxygen atoms in total. The van der Waals surface area contributed by atoms with Crippen LogP contribution in [0.5, 0.6) is 0 Å². The van der Waals surface area contributed by atoms with Gasteiger partial charge in [0.05, 0.1) is 12.7 Å². The zero-order valence-electron chi connectivity index (χ0n) is 18.2. The summed E-state index contributed by atoms with van der Waals surface area (Å²) in [6.07, 6.45) is 1.88. The number of carboxylic acid groups (broad SMARTS) is 1. The number of fused-ring (bicyclic) bond motifs is 1. The summed E-state index contributed by atoms with van der Waals surface area (Å²) < 4.78 is 13.9. The van der Waals surface area contributed by atoms with Crippen molar-refractivity contribution in [2.75, 3.05) is 0 Å². The maximum atomic E-state index is 12.4. The standard InChI is InChI=1S/C23H21N5O6/c1-13-8-17(23(32)33-13)24-21(29)20-7-6-16(34-20)12-27-10-15(25-26-27)11-28-18-5-3-2-4-14(18)9-19(28)22(30)31/h2-7,9-10,13,17H,8,11-12H2,1H3,(H,24,29)(H,30,31). The molecule has 174 valence electrons. The first-order valence-electron chi connectivity index (χ1n) is 10.7. The molecule has 1 saturated heterocycles. The maximum Gasteiger partial charge on any atom is 0.352 e. The van der Waals surface area contributed by atoms with Gasteiger partial charge in [0, 0.05) is 17.3 Å². The molecular formula is C23H21N5O6. The third-order valence-corrected chi connectivity index (χ3v) is 5.61. The van der Waals surface area contributed by atoms with Crippen LogP contribution in [0.15, 0.2) is 53.1 Å². The molecule has 0 saturated carbocycles. The highest BCUT2D eigenvalue weighted by atomic mass is 16.6. The Morgan fingerprint density at radius 1 is 1.21 bits per heavy atom. The fourth-order valence-electron chi connectivity index (χ4n) is 4.06.